The minimum absolute atomic E-state index is 0.00939. The van der Waals surface area contributed by atoms with Gasteiger partial charge in [0.2, 0.25) is 5.91 Å². The third-order valence-corrected chi connectivity index (χ3v) is 4.87. The van der Waals surface area contributed by atoms with Crippen molar-refractivity contribution in [3.05, 3.63) is 71.3 Å². The smallest absolute Gasteiger partial charge is 0.251 e. The number of carbonyl (C=O) groups excluding carboxylic acids is 2. The Morgan fingerprint density at radius 3 is 2.52 bits per heavy atom. The van der Waals surface area contributed by atoms with Gasteiger partial charge >= 0.3 is 0 Å². The second kappa shape index (κ2) is 9.33. The first kappa shape index (κ1) is 19.1. The highest BCUT2D eigenvalue weighted by Gasteiger charge is 2.23. The molecule has 2 aromatic carbocycles. The zero-order valence-corrected chi connectivity index (χ0v) is 15.7. The summed E-state index contributed by atoms with van der Waals surface area (Å²) >= 11 is 0. The highest BCUT2D eigenvalue weighted by molar-refractivity contribution is 5.94. The van der Waals surface area contributed by atoms with Gasteiger partial charge in [-0.2, -0.15) is 0 Å². The van der Waals surface area contributed by atoms with E-state index in [1.165, 1.54) is 0 Å². The monoisotopic (exact) mass is 365 g/mol. The summed E-state index contributed by atoms with van der Waals surface area (Å²) in [6.45, 7) is 3.28. The molecule has 1 saturated heterocycles. The van der Waals surface area contributed by atoms with Crippen LogP contribution in [0.25, 0.3) is 0 Å². The first-order chi connectivity index (χ1) is 13.1. The third kappa shape index (κ3) is 5.66. The van der Waals surface area contributed by atoms with Gasteiger partial charge in [0.05, 0.1) is 12.1 Å². The molecule has 1 heterocycles. The van der Waals surface area contributed by atoms with Gasteiger partial charge < -0.3 is 16.0 Å². The summed E-state index contributed by atoms with van der Waals surface area (Å²) in [5, 5.41) is 9.27. The molecule has 5 nitrogen and oxygen atoms in total. The highest BCUT2D eigenvalue weighted by atomic mass is 16.2. The number of hydrogen-bond acceptors (Lipinski definition) is 3. The molecule has 0 unspecified atom stereocenters. The van der Waals surface area contributed by atoms with Gasteiger partial charge in [-0.05, 0) is 50.4 Å². The summed E-state index contributed by atoms with van der Waals surface area (Å²) in [4.78, 5) is 24.9. The van der Waals surface area contributed by atoms with Crippen LogP contribution in [0.5, 0.6) is 0 Å². The van der Waals surface area contributed by atoms with Gasteiger partial charge in [0.25, 0.3) is 5.91 Å². The van der Waals surface area contributed by atoms with Gasteiger partial charge in [-0.1, -0.05) is 48.0 Å². The number of carbonyl (C=O) groups is 2. The Hall–Kier alpha value is -2.66. The van der Waals surface area contributed by atoms with Crippen molar-refractivity contribution in [3.8, 4) is 0 Å². The molecule has 142 valence electrons. The normalized spacial score (nSPS) is 17.3. The fraction of sp³-hybridized carbons (Fsp3) is 0.364. The number of nitrogens with one attached hydrogen (secondary N) is 3. The largest absolute Gasteiger partial charge is 0.353 e. The number of rotatable bonds is 7. The van der Waals surface area contributed by atoms with Gasteiger partial charge in [0.15, 0.2) is 0 Å². The van der Waals surface area contributed by atoms with E-state index in [4.69, 9.17) is 0 Å². The quantitative estimate of drug-likeness (QED) is 0.705. The molecule has 27 heavy (non-hydrogen) atoms. The van der Waals surface area contributed by atoms with E-state index in [1.807, 2.05) is 61.5 Å². The molecule has 1 aliphatic rings. The Balaban J connectivity index is 1.63. The Morgan fingerprint density at radius 1 is 1.11 bits per heavy atom. The number of amides is 2. The van der Waals surface area contributed by atoms with Crippen molar-refractivity contribution in [3.63, 3.8) is 0 Å². The van der Waals surface area contributed by atoms with Crippen LogP contribution < -0.4 is 16.0 Å². The molecule has 3 N–H and O–H groups in total. The van der Waals surface area contributed by atoms with Crippen LogP contribution in [0.2, 0.25) is 0 Å². The van der Waals surface area contributed by atoms with Crippen LogP contribution in [0.3, 0.4) is 0 Å². The molecule has 0 radical (unpaired) electrons. The van der Waals surface area contributed by atoms with Gasteiger partial charge in [0, 0.05) is 12.1 Å². The predicted molar refractivity (Wildman–Crippen MR) is 107 cm³/mol. The number of benzene rings is 2. The van der Waals surface area contributed by atoms with Crippen LogP contribution >= 0.6 is 0 Å². The van der Waals surface area contributed by atoms with E-state index in [2.05, 4.69) is 16.0 Å². The molecule has 1 fully saturated rings. The van der Waals surface area contributed by atoms with E-state index in [9.17, 15) is 9.59 Å². The average molecular weight is 365 g/mol. The molecule has 1 aliphatic heterocycles. The third-order valence-electron chi connectivity index (χ3n) is 4.87. The van der Waals surface area contributed by atoms with Crippen molar-refractivity contribution >= 4 is 11.8 Å². The molecule has 0 aromatic heterocycles. The standard InChI is InChI=1S/C22H27N3O2/c1-16-9-11-18(12-10-16)21(26)25-19(14-17-6-3-2-4-7-17)15-24-22(27)20-8-5-13-23-20/h2-4,6-7,9-12,19-20,23H,5,8,13-15H2,1H3,(H,24,27)(H,25,26)/t19-,20-/m0/s1. The van der Waals surface area contributed by atoms with E-state index < -0.39 is 0 Å². The number of aryl methyl sites for hydroxylation is 1. The van der Waals surface area contributed by atoms with E-state index in [0.29, 0.717) is 18.5 Å². The van der Waals surface area contributed by atoms with Crippen LogP contribution in [0.1, 0.15) is 34.3 Å². The van der Waals surface area contributed by atoms with Gasteiger partial charge in [-0.15, -0.1) is 0 Å². The van der Waals surface area contributed by atoms with Crippen molar-refractivity contribution in [2.45, 2.75) is 38.3 Å². The molecular weight excluding hydrogens is 338 g/mol. The lowest BCUT2D eigenvalue weighted by molar-refractivity contribution is -0.122. The molecule has 2 amide bonds. The van der Waals surface area contributed by atoms with Crippen molar-refractivity contribution < 1.29 is 9.59 Å². The molecule has 0 aliphatic carbocycles. The van der Waals surface area contributed by atoms with Crippen LogP contribution in [-0.2, 0) is 11.2 Å². The highest BCUT2D eigenvalue weighted by Crippen LogP contribution is 2.08. The predicted octanol–water partition coefficient (Wildman–Crippen LogP) is 2.20. The van der Waals surface area contributed by atoms with Crippen molar-refractivity contribution in [1.29, 1.82) is 0 Å². The Labute approximate surface area is 160 Å². The van der Waals surface area contributed by atoms with Crippen LogP contribution in [0.15, 0.2) is 54.6 Å². The van der Waals surface area contributed by atoms with E-state index in [0.717, 1.165) is 30.5 Å². The van der Waals surface area contributed by atoms with Crippen molar-refractivity contribution in [2.24, 2.45) is 0 Å². The minimum Gasteiger partial charge on any atom is -0.353 e. The summed E-state index contributed by atoms with van der Waals surface area (Å²) in [6.07, 6.45) is 2.55. The molecule has 3 rings (SSSR count). The van der Waals surface area contributed by atoms with Gasteiger partial charge in [-0.3, -0.25) is 9.59 Å². The Morgan fingerprint density at radius 2 is 1.85 bits per heavy atom. The summed E-state index contributed by atoms with van der Waals surface area (Å²) in [5.41, 5.74) is 2.87. The molecule has 5 heteroatoms. The van der Waals surface area contributed by atoms with E-state index in [1.54, 1.807) is 0 Å². The lowest BCUT2D eigenvalue weighted by Crippen LogP contribution is -2.48. The Bertz CT molecular complexity index is 753. The van der Waals surface area contributed by atoms with Crippen molar-refractivity contribution in [1.82, 2.24) is 16.0 Å². The zero-order chi connectivity index (χ0) is 19.1. The SMILES string of the molecule is Cc1ccc(C(=O)N[C@H](CNC(=O)[C@@H]2CCCN2)Cc2ccccc2)cc1. The molecular formula is C22H27N3O2. The first-order valence-corrected chi connectivity index (χ1v) is 9.54. The lowest BCUT2D eigenvalue weighted by atomic mass is 10.0. The fourth-order valence-corrected chi connectivity index (χ4v) is 3.30. The Kier molecular flexibility index (Phi) is 6.60. The second-order valence-electron chi connectivity index (χ2n) is 7.12. The summed E-state index contributed by atoms with van der Waals surface area (Å²) in [5.74, 6) is -0.112. The molecule has 0 bridgehead atoms. The van der Waals surface area contributed by atoms with E-state index in [-0.39, 0.29) is 23.9 Å². The van der Waals surface area contributed by atoms with Crippen LogP contribution in [0.4, 0.5) is 0 Å². The first-order valence-electron chi connectivity index (χ1n) is 9.54. The van der Waals surface area contributed by atoms with E-state index >= 15 is 0 Å². The molecule has 0 spiro atoms. The zero-order valence-electron chi connectivity index (χ0n) is 15.7. The van der Waals surface area contributed by atoms with Crippen LogP contribution in [0, 0.1) is 6.92 Å². The summed E-state index contributed by atoms with van der Waals surface area (Å²) in [6, 6.07) is 17.2. The lowest BCUT2D eigenvalue weighted by Gasteiger charge is -2.21. The topological polar surface area (TPSA) is 70.2 Å². The molecule has 0 saturated carbocycles. The fourth-order valence-electron chi connectivity index (χ4n) is 3.30. The maximum Gasteiger partial charge on any atom is 0.251 e. The summed E-state index contributed by atoms with van der Waals surface area (Å²) < 4.78 is 0. The maximum atomic E-state index is 12.6. The second-order valence-corrected chi connectivity index (χ2v) is 7.12. The van der Waals surface area contributed by atoms with Gasteiger partial charge in [-0.25, -0.2) is 0 Å². The average Bonchev–Trinajstić information content (AvgIpc) is 3.22. The van der Waals surface area contributed by atoms with Crippen LogP contribution in [-0.4, -0.2) is 37.0 Å². The molecule has 2 atom stereocenters. The van der Waals surface area contributed by atoms with Gasteiger partial charge in [0.1, 0.15) is 0 Å². The minimum atomic E-state index is -0.174. The summed E-state index contributed by atoms with van der Waals surface area (Å²) in [7, 11) is 0. The maximum absolute atomic E-state index is 12.6. The number of hydrogen-bond donors (Lipinski definition) is 3. The molecule has 2 aromatic rings. The van der Waals surface area contributed by atoms with Crippen molar-refractivity contribution in [2.75, 3.05) is 13.1 Å².